The third-order valence-electron chi connectivity index (χ3n) is 5.96. The number of aliphatic hydroxyl groups excluding tert-OH is 1. The molecule has 1 atom stereocenters. The van der Waals surface area contributed by atoms with E-state index >= 15 is 0 Å². The zero-order chi connectivity index (χ0) is 26.2. The number of unbranched alkanes of at least 4 members (excludes halogenated alkanes) is 2. The molecule has 0 aliphatic carbocycles. The molecule has 1 heterocycles. The normalized spacial score (nSPS) is 16.9. The highest BCUT2D eigenvalue weighted by Gasteiger charge is 2.46. The molecule has 36 heavy (non-hydrogen) atoms. The number of phenols is 1. The molecule has 1 aliphatic heterocycles. The minimum absolute atomic E-state index is 0.0326. The number of ketones is 1. The van der Waals surface area contributed by atoms with Gasteiger partial charge in [0.15, 0.2) is 11.5 Å². The predicted molar refractivity (Wildman–Crippen MR) is 137 cm³/mol. The number of phenolic OH excluding ortho intramolecular Hbond substituents is 1. The van der Waals surface area contributed by atoms with Crippen LogP contribution < -0.4 is 14.2 Å². The fourth-order valence-electron chi connectivity index (χ4n) is 4.34. The van der Waals surface area contributed by atoms with Crippen LogP contribution in [-0.4, -0.2) is 53.2 Å². The molecular weight excluding hydrogens is 462 g/mol. The Morgan fingerprint density at radius 3 is 2.25 bits per heavy atom. The predicted octanol–water partition coefficient (Wildman–Crippen LogP) is 5.20. The lowest BCUT2D eigenvalue weighted by Gasteiger charge is -2.26. The van der Waals surface area contributed by atoms with Crippen LogP contribution in [0.25, 0.3) is 5.76 Å². The number of carbonyl (C=O) groups is 2. The zero-order valence-electron chi connectivity index (χ0n) is 21.4. The molecule has 3 rings (SSSR count). The van der Waals surface area contributed by atoms with E-state index in [9.17, 15) is 19.8 Å². The van der Waals surface area contributed by atoms with Gasteiger partial charge in [-0.3, -0.25) is 9.59 Å². The van der Waals surface area contributed by atoms with Gasteiger partial charge in [0.2, 0.25) is 0 Å². The van der Waals surface area contributed by atoms with E-state index in [4.69, 9.17) is 14.2 Å². The van der Waals surface area contributed by atoms with Gasteiger partial charge in [-0.25, -0.2) is 0 Å². The molecule has 1 amide bonds. The van der Waals surface area contributed by atoms with Gasteiger partial charge in [-0.05, 0) is 57.0 Å². The lowest BCUT2D eigenvalue weighted by atomic mass is 9.94. The topological polar surface area (TPSA) is 106 Å². The van der Waals surface area contributed by atoms with Crippen LogP contribution in [0.2, 0.25) is 0 Å². The molecule has 2 aromatic rings. The van der Waals surface area contributed by atoms with Gasteiger partial charge in [-0.15, -0.1) is 0 Å². The van der Waals surface area contributed by atoms with Crippen molar-refractivity contribution in [3.8, 4) is 23.0 Å². The Bertz CT molecular complexity index is 1120. The Morgan fingerprint density at radius 2 is 1.58 bits per heavy atom. The van der Waals surface area contributed by atoms with Crippen LogP contribution in [0.1, 0.15) is 64.1 Å². The average molecular weight is 498 g/mol. The molecule has 1 aliphatic rings. The molecule has 0 aromatic heterocycles. The van der Waals surface area contributed by atoms with Crippen molar-refractivity contribution in [2.45, 2.75) is 53.0 Å². The molecule has 194 valence electrons. The molecule has 1 fully saturated rings. The van der Waals surface area contributed by atoms with Gasteiger partial charge in [0, 0.05) is 12.6 Å². The molecule has 0 saturated carbocycles. The number of aromatic hydroxyl groups is 1. The fraction of sp³-hybridized carbons (Fsp3) is 0.429. The SMILES string of the molecule is CCCCCN1C(=O)C(=O)/C(=C(/O)c2ccc(OCC)cc2OCC)C1c1ccc(O)c(OCC)c1. The van der Waals surface area contributed by atoms with Crippen LogP contribution in [0.3, 0.4) is 0 Å². The van der Waals surface area contributed by atoms with E-state index in [2.05, 4.69) is 6.92 Å². The van der Waals surface area contributed by atoms with Crippen molar-refractivity contribution in [2.24, 2.45) is 0 Å². The van der Waals surface area contributed by atoms with Gasteiger partial charge in [-0.2, -0.15) is 0 Å². The van der Waals surface area contributed by atoms with Crippen LogP contribution in [0.5, 0.6) is 23.0 Å². The number of carbonyl (C=O) groups excluding carboxylic acids is 2. The lowest BCUT2D eigenvalue weighted by molar-refractivity contribution is -0.139. The summed E-state index contributed by atoms with van der Waals surface area (Å²) in [5.74, 6) is -0.664. The van der Waals surface area contributed by atoms with Crippen molar-refractivity contribution < 1.29 is 34.0 Å². The number of hydrogen-bond acceptors (Lipinski definition) is 7. The van der Waals surface area contributed by atoms with Crippen LogP contribution in [-0.2, 0) is 9.59 Å². The van der Waals surface area contributed by atoms with Crippen molar-refractivity contribution in [1.29, 1.82) is 0 Å². The number of nitrogens with zero attached hydrogens (tertiary/aromatic N) is 1. The van der Waals surface area contributed by atoms with Crippen molar-refractivity contribution >= 4 is 17.4 Å². The van der Waals surface area contributed by atoms with Crippen LogP contribution in [0.15, 0.2) is 42.0 Å². The highest BCUT2D eigenvalue weighted by atomic mass is 16.5. The van der Waals surface area contributed by atoms with Gasteiger partial charge in [-0.1, -0.05) is 25.8 Å². The standard InChI is InChI=1S/C28H35NO7/c1-5-9-10-15-29-25(18-11-14-21(30)23(16-18)36-8-4)24(27(32)28(29)33)26(31)20-13-12-19(34-6-2)17-22(20)35-7-3/h11-14,16-17,25,30-31H,5-10,15H2,1-4H3/b26-24+. The number of ether oxygens (including phenoxy) is 3. The first-order valence-corrected chi connectivity index (χ1v) is 12.5. The minimum Gasteiger partial charge on any atom is -0.507 e. The number of likely N-dealkylation sites (tertiary alicyclic amines) is 1. The average Bonchev–Trinajstić information content (AvgIpc) is 3.11. The highest BCUT2D eigenvalue weighted by molar-refractivity contribution is 6.46. The summed E-state index contributed by atoms with van der Waals surface area (Å²) >= 11 is 0. The third kappa shape index (κ3) is 5.58. The van der Waals surface area contributed by atoms with Gasteiger partial charge < -0.3 is 29.3 Å². The van der Waals surface area contributed by atoms with Crippen LogP contribution in [0, 0.1) is 0 Å². The monoisotopic (exact) mass is 497 g/mol. The number of hydrogen-bond donors (Lipinski definition) is 2. The number of rotatable bonds is 12. The molecular formula is C28H35NO7. The van der Waals surface area contributed by atoms with Gasteiger partial charge >= 0.3 is 0 Å². The van der Waals surface area contributed by atoms with E-state index in [0.717, 1.165) is 12.8 Å². The second-order valence-corrected chi connectivity index (χ2v) is 8.38. The largest absolute Gasteiger partial charge is 0.507 e. The summed E-state index contributed by atoms with van der Waals surface area (Å²) in [6.07, 6.45) is 2.55. The molecule has 2 N–H and O–H groups in total. The Hall–Kier alpha value is -3.68. The van der Waals surface area contributed by atoms with Gasteiger partial charge in [0.05, 0.1) is 37.0 Å². The first-order valence-electron chi connectivity index (χ1n) is 12.5. The summed E-state index contributed by atoms with van der Waals surface area (Å²) < 4.78 is 16.8. The quantitative estimate of drug-likeness (QED) is 0.180. The maximum absolute atomic E-state index is 13.3. The minimum atomic E-state index is -0.845. The van der Waals surface area contributed by atoms with Crippen LogP contribution in [0.4, 0.5) is 0 Å². The summed E-state index contributed by atoms with van der Waals surface area (Å²) in [6.45, 7) is 9.01. The number of amides is 1. The van der Waals surface area contributed by atoms with Crippen molar-refractivity contribution in [3.05, 3.63) is 53.1 Å². The fourth-order valence-corrected chi connectivity index (χ4v) is 4.34. The van der Waals surface area contributed by atoms with Crippen molar-refractivity contribution in [1.82, 2.24) is 4.90 Å². The third-order valence-corrected chi connectivity index (χ3v) is 5.96. The van der Waals surface area contributed by atoms with E-state index in [1.54, 1.807) is 37.3 Å². The van der Waals surface area contributed by atoms with E-state index in [1.165, 1.54) is 11.0 Å². The molecule has 2 aromatic carbocycles. The molecule has 1 saturated heterocycles. The number of Topliss-reactive ketones (excluding diaryl/α,β-unsaturated/α-hetero) is 1. The zero-order valence-corrected chi connectivity index (χ0v) is 21.4. The first-order chi connectivity index (χ1) is 17.4. The Kier molecular flexibility index (Phi) is 9.22. The van der Waals surface area contributed by atoms with Gasteiger partial charge in [0.25, 0.3) is 11.7 Å². The molecule has 8 heteroatoms. The lowest BCUT2D eigenvalue weighted by Crippen LogP contribution is -2.30. The summed E-state index contributed by atoms with van der Waals surface area (Å²) in [5.41, 5.74) is 0.813. The van der Waals surface area contributed by atoms with Crippen molar-refractivity contribution in [2.75, 3.05) is 26.4 Å². The molecule has 0 bridgehead atoms. The molecule has 8 nitrogen and oxygen atoms in total. The van der Waals surface area contributed by atoms with Crippen molar-refractivity contribution in [3.63, 3.8) is 0 Å². The number of benzene rings is 2. The Labute approximate surface area is 212 Å². The Morgan fingerprint density at radius 1 is 0.889 bits per heavy atom. The van der Waals surface area contributed by atoms with E-state index in [0.29, 0.717) is 55.4 Å². The van der Waals surface area contributed by atoms with E-state index < -0.39 is 17.7 Å². The molecule has 0 radical (unpaired) electrons. The van der Waals surface area contributed by atoms with E-state index in [1.807, 2.05) is 13.8 Å². The summed E-state index contributed by atoms with van der Waals surface area (Å²) in [6, 6.07) is 8.82. The maximum Gasteiger partial charge on any atom is 0.295 e. The summed E-state index contributed by atoms with van der Waals surface area (Å²) in [7, 11) is 0. The highest BCUT2D eigenvalue weighted by Crippen LogP contribution is 2.43. The van der Waals surface area contributed by atoms with Gasteiger partial charge in [0.1, 0.15) is 17.3 Å². The molecule has 0 spiro atoms. The second-order valence-electron chi connectivity index (χ2n) is 8.38. The van der Waals surface area contributed by atoms with E-state index in [-0.39, 0.29) is 22.8 Å². The van der Waals surface area contributed by atoms with Crippen LogP contribution >= 0.6 is 0 Å². The molecule has 1 unspecified atom stereocenters. The second kappa shape index (κ2) is 12.3. The first kappa shape index (κ1) is 26.9. The smallest absolute Gasteiger partial charge is 0.295 e. The summed E-state index contributed by atoms with van der Waals surface area (Å²) in [5, 5.41) is 21.7. The summed E-state index contributed by atoms with van der Waals surface area (Å²) in [4.78, 5) is 28.0. The maximum atomic E-state index is 13.3. The Balaban J connectivity index is 2.19. The number of aliphatic hydroxyl groups is 1.